The summed E-state index contributed by atoms with van der Waals surface area (Å²) in [7, 11) is 0. The summed E-state index contributed by atoms with van der Waals surface area (Å²) in [4.78, 5) is 26.4. The molecule has 0 bridgehead atoms. The Labute approximate surface area is 150 Å². The highest BCUT2D eigenvalue weighted by Gasteiger charge is 2.35. The zero-order valence-corrected chi connectivity index (χ0v) is 14.6. The minimum absolute atomic E-state index is 0.0692. The number of aryl methyl sites for hydroxylation is 1. The highest BCUT2D eigenvalue weighted by molar-refractivity contribution is 6.31. The second-order valence-electron chi connectivity index (χ2n) is 5.83. The minimum atomic E-state index is -0.397. The average molecular weight is 363 g/mol. The fourth-order valence-corrected chi connectivity index (χ4v) is 3.02. The Bertz CT molecular complexity index is 790. The van der Waals surface area contributed by atoms with Gasteiger partial charge in [0.05, 0.1) is 5.92 Å². The SMILES string of the molecule is Cc1ccc(Cl)cc1NC(=O)C1CC(=O)N(c2ccc(Cl)cc2)C1. The first kappa shape index (κ1) is 16.8. The maximum atomic E-state index is 12.5. The molecule has 1 aliphatic rings. The summed E-state index contributed by atoms with van der Waals surface area (Å²) < 4.78 is 0. The van der Waals surface area contributed by atoms with Crippen LogP contribution in [0.5, 0.6) is 0 Å². The van der Waals surface area contributed by atoms with Crippen molar-refractivity contribution >= 4 is 46.4 Å². The van der Waals surface area contributed by atoms with E-state index in [2.05, 4.69) is 5.32 Å². The molecule has 124 valence electrons. The van der Waals surface area contributed by atoms with Gasteiger partial charge in [-0.15, -0.1) is 0 Å². The number of nitrogens with one attached hydrogen (secondary N) is 1. The number of nitrogens with zero attached hydrogens (tertiary/aromatic N) is 1. The van der Waals surface area contributed by atoms with E-state index >= 15 is 0 Å². The van der Waals surface area contributed by atoms with Gasteiger partial charge in [-0.25, -0.2) is 0 Å². The van der Waals surface area contributed by atoms with Crippen LogP contribution in [-0.2, 0) is 9.59 Å². The number of hydrogen-bond donors (Lipinski definition) is 1. The van der Waals surface area contributed by atoms with Crippen molar-refractivity contribution in [1.82, 2.24) is 0 Å². The highest BCUT2D eigenvalue weighted by atomic mass is 35.5. The van der Waals surface area contributed by atoms with Crippen molar-refractivity contribution in [1.29, 1.82) is 0 Å². The lowest BCUT2D eigenvalue weighted by Crippen LogP contribution is -2.28. The second kappa shape index (κ2) is 6.83. The maximum absolute atomic E-state index is 12.5. The van der Waals surface area contributed by atoms with Gasteiger partial charge in [0.15, 0.2) is 0 Å². The summed E-state index contributed by atoms with van der Waals surface area (Å²) in [5.74, 6) is -0.642. The average Bonchev–Trinajstić information content (AvgIpc) is 2.94. The van der Waals surface area contributed by atoms with Crippen molar-refractivity contribution < 1.29 is 9.59 Å². The van der Waals surface area contributed by atoms with Crippen LogP contribution in [0.25, 0.3) is 0 Å². The standard InChI is InChI=1S/C18H16Cl2N2O2/c1-11-2-3-14(20)9-16(11)21-18(24)12-8-17(23)22(10-12)15-6-4-13(19)5-7-15/h2-7,9,12H,8,10H2,1H3,(H,21,24). The van der Waals surface area contributed by atoms with E-state index in [0.717, 1.165) is 11.3 Å². The topological polar surface area (TPSA) is 49.4 Å². The Morgan fingerprint density at radius 3 is 2.50 bits per heavy atom. The number of carbonyl (C=O) groups excluding carboxylic acids is 2. The molecule has 0 aliphatic carbocycles. The summed E-state index contributed by atoms with van der Waals surface area (Å²) in [6.45, 7) is 2.25. The van der Waals surface area contributed by atoms with Gasteiger partial charge in [0.2, 0.25) is 11.8 Å². The van der Waals surface area contributed by atoms with E-state index in [1.165, 1.54) is 0 Å². The molecule has 2 amide bonds. The van der Waals surface area contributed by atoms with Gasteiger partial charge in [-0.2, -0.15) is 0 Å². The molecule has 1 saturated heterocycles. The van der Waals surface area contributed by atoms with E-state index in [1.54, 1.807) is 41.3 Å². The molecule has 0 aromatic heterocycles. The third-order valence-corrected chi connectivity index (χ3v) is 4.58. The first-order valence-corrected chi connectivity index (χ1v) is 8.32. The molecular weight excluding hydrogens is 347 g/mol. The molecule has 0 saturated carbocycles. The van der Waals surface area contributed by atoms with Gasteiger partial charge in [0, 0.05) is 34.4 Å². The van der Waals surface area contributed by atoms with Gasteiger partial charge >= 0.3 is 0 Å². The van der Waals surface area contributed by atoms with Crippen LogP contribution in [0.4, 0.5) is 11.4 Å². The third-order valence-electron chi connectivity index (χ3n) is 4.09. The Morgan fingerprint density at radius 2 is 1.79 bits per heavy atom. The van der Waals surface area contributed by atoms with Crippen LogP contribution in [0.1, 0.15) is 12.0 Å². The zero-order valence-electron chi connectivity index (χ0n) is 13.1. The zero-order chi connectivity index (χ0) is 17.3. The number of anilines is 2. The van der Waals surface area contributed by atoms with Crippen molar-refractivity contribution in [3.05, 3.63) is 58.1 Å². The molecule has 2 aromatic carbocycles. The number of benzene rings is 2. The van der Waals surface area contributed by atoms with Gasteiger partial charge in [0.1, 0.15) is 0 Å². The van der Waals surface area contributed by atoms with Crippen LogP contribution in [0.3, 0.4) is 0 Å². The normalized spacial score (nSPS) is 17.2. The predicted octanol–water partition coefficient (Wildman–Crippen LogP) is 4.29. The van der Waals surface area contributed by atoms with E-state index in [1.807, 2.05) is 13.0 Å². The summed E-state index contributed by atoms with van der Waals surface area (Å²) in [5, 5.41) is 4.04. The fraction of sp³-hybridized carbons (Fsp3) is 0.222. The van der Waals surface area contributed by atoms with Crippen molar-refractivity contribution in [2.45, 2.75) is 13.3 Å². The van der Waals surface area contributed by atoms with E-state index < -0.39 is 5.92 Å². The number of rotatable bonds is 3. The highest BCUT2D eigenvalue weighted by Crippen LogP contribution is 2.28. The fourth-order valence-electron chi connectivity index (χ4n) is 2.72. The number of amides is 2. The quantitative estimate of drug-likeness (QED) is 0.884. The predicted molar refractivity (Wildman–Crippen MR) is 96.7 cm³/mol. The van der Waals surface area contributed by atoms with Crippen LogP contribution >= 0.6 is 23.2 Å². The molecule has 6 heteroatoms. The lowest BCUT2D eigenvalue weighted by molar-refractivity contribution is -0.122. The molecule has 1 fully saturated rings. The van der Waals surface area contributed by atoms with Gasteiger partial charge < -0.3 is 10.2 Å². The lowest BCUT2D eigenvalue weighted by Gasteiger charge is -2.17. The van der Waals surface area contributed by atoms with Gasteiger partial charge in [-0.3, -0.25) is 9.59 Å². The van der Waals surface area contributed by atoms with E-state index in [4.69, 9.17) is 23.2 Å². The number of halogens is 2. The van der Waals surface area contributed by atoms with Gasteiger partial charge in [0.25, 0.3) is 0 Å². The Hall–Kier alpha value is -2.04. The molecule has 1 N–H and O–H groups in total. The van der Waals surface area contributed by atoms with Crippen LogP contribution < -0.4 is 10.2 Å². The maximum Gasteiger partial charge on any atom is 0.229 e. The first-order valence-electron chi connectivity index (χ1n) is 7.57. The first-order chi connectivity index (χ1) is 11.4. The minimum Gasteiger partial charge on any atom is -0.325 e. The lowest BCUT2D eigenvalue weighted by atomic mass is 10.1. The molecule has 1 atom stereocenters. The van der Waals surface area contributed by atoms with E-state index in [9.17, 15) is 9.59 Å². The Morgan fingerprint density at radius 1 is 1.12 bits per heavy atom. The van der Waals surface area contributed by atoms with Crippen molar-refractivity contribution in [2.75, 3.05) is 16.8 Å². The molecule has 3 rings (SSSR count). The summed E-state index contributed by atoms with van der Waals surface area (Å²) in [6.07, 6.45) is 0.189. The largest absolute Gasteiger partial charge is 0.325 e. The molecule has 24 heavy (non-hydrogen) atoms. The molecule has 1 unspecified atom stereocenters. The van der Waals surface area contributed by atoms with Crippen LogP contribution in [-0.4, -0.2) is 18.4 Å². The van der Waals surface area contributed by atoms with Gasteiger partial charge in [-0.1, -0.05) is 29.3 Å². The molecule has 4 nitrogen and oxygen atoms in total. The Kier molecular flexibility index (Phi) is 4.78. The van der Waals surface area contributed by atoms with Crippen LogP contribution in [0.2, 0.25) is 10.0 Å². The summed E-state index contributed by atoms with van der Waals surface area (Å²) >= 11 is 11.8. The second-order valence-corrected chi connectivity index (χ2v) is 6.70. The van der Waals surface area contributed by atoms with Crippen molar-refractivity contribution in [2.24, 2.45) is 5.92 Å². The van der Waals surface area contributed by atoms with E-state index in [-0.39, 0.29) is 18.2 Å². The molecule has 2 aromatic rings. The number of hydrogen-bond acceptors (Lipinski definition) is 2. The Balaban J connectivity index is 1.72. The molecular formula is C18H16Cl2N2O2. The summed E-state index contributed by atoms with van der Waals surface area (Å²) in [6, 6.07) is 12.3. The number of carbonyl (C=O) groups is 2. The smallest absolute Gasteiger partial charge is 0.229 e. The third kappa shape index (κ3) is 3.55. The van der Waals surface area contributed by atoms with E-state index in [0.29, 0.717) is 22.3 Å². The van der Waals surface area contributed by atoms with Crippen molar-refractivity contribution in [3.63, 3.8) is 0 Å². The summed E-state index contributed by atoms with van der Waals surface area (Å²) in [5.41, 5.74) is 2.34. The molecule has 0 radical (unpaired) electrons. The van der Waals surface area contributed by atoms with Crippen LogP contribution in [0.15, 0.2) is 42.5 Å². The molecule has 1 heterocycles. The van der Waals surface area contributed by atoms with Gasteiger partial charge in [-0.05, 0) is 48.9 Å². The molecule has 1 aliphatic heterocycles. The van der Waals surface area contributed by atoms with Crippen LogP contribution in [0, 0.1) is 12.8 Å². The van der Waals surface area contributed by atoms with Crippen molar-refractivity contribution in [3.8, 4) is 0 Å². The molecule has 0 spiro atoms. The monoisotopic (exact) mass is 362 g/mol.